The van der Waals surface area contributed by atoms with E-state index in [9.17, 15) is 9.65 Å². The number of aromatic nitrogens is 3. The first-order valence-electron chi connectivity index (χ1n) is 10.0. The van der Waals surface area contributed by atoms with Gasteiger partial charge >= 0.3 is 0 Å². The molecule has 9 heteroatoms. The van der Waals surface area contributed by atoms with Crippen molar-refractivity contribution in [3.05, 3.63) is 54.2 Å². The fourth-order valence-electron chi connectivity index (χ4n) is 3.39. The average molecular weight is 419 g/mol. The van der Waals surface area contributed by atoms with Crippen molar-refractivity contribution in [1.82, 2.24) is 20.3 Å². The summed E-state index contributed by atoms with van der Waals surface area (Å²) in [6.07, 6.45) is 5.16. The van der Waals surface area contributed by atoms with E-state index in [0.717, 1.165) is 37.1 Å². The van der Waals surface area contributed by atoms with Gasteiger partial charge in [0.25, 0.3) is 0 Å². The highest BCUT2D eigenvalue weighted by molar-refractivity contribution is 5.75. The Hall–Kier alpha value is -3.77. The molecule has 0 amide bonds. The van der Waals surface area contributed by atoms with Crippen LogP contribution >= 0.6 is 0 Å². The first kappa shape index (κ1) is 20.5. The zero-order valence-corrected chi connectivity index (χ0v) is 17.0. The third kappa shape index (κ3) is 4.87. The maximum atomic E-state index is 13.2. The monoisotopic (exact) mass is 419 g/mol. The maximum Gasteiger partial charge on any atom is 0.229 e. The molecule has 3 aromatic rings. The lowest BCUT2D eigenvalue weighted by Gasteiger charge is -2.24. The molecule has 1 fully saturated rings. The van der Waals surface area contributed by atoms with Crippen molar-refractivity contribution in [2.75, 3.05) is 30.8 Å². The molecule has 0 spiro atoms. The highest BCUT2D eigenvalue weighted by Crippen LogP contribution is 2.28. The van der Waals surface area contributed by atoms with Gasteiger partial charge in [0.2, 0.25) is 5.95 Å². The molecule has 8 nitrogen and oxygen atoms in total. The number of anilines is 3. The van der Waals surface area contributed by atoms with Gasteiger partial charge in [0, 0.05) is 31.4 Å². The summed E-state index contributed by atoms with van der Waals surface area (Å²) in [5, 5.41) is 18.8. The minimum absolute atomic E-state index is 0.0000339. The van der Waals surface area contributed by atoms with E-state index in [1.54, 1.807) is 37.6 Å². The molecule has 4 rings (SSSR count). The Morgan fingerprint density at radius 3 is 2.77 bits per heavy atom. The predicted molar refractivity (Wildman–Crippen MR) is 116 cm³/mol. The second-order valence-corrected chi connectivity index (χ2v) is 7.11. The molecule has 3 N–H and O–H groups in total. The van der Waals surface area contributed by atoms with Gasteiger partial charge in [-0.15, -0.1) is 0 Å². The zero-order chi connectivity index (χ0) is 21.6. The Kier molecular flexibility index (Phi) is 6.19. The van der Waals surface area contributed by atoms with Crippen LogP contribution in [0.15, 0.2) is 42.7 Å². The summed E-state index contributed by atoms with van der Waals surface area (Å²) >= 11 is 0. The van der Waals surface area contributed by atoms with Crippen molar-refractivity contribution in [2.45, 2.75) is 18.9 Å². The van der Waals surface area contributed by atoms with Crippen molar-refractivity contribution in [3.8, 4) is 22.9 Å². The fraction of sp³-hybridized carbons (Fsp3) is 0.273. The third-order valence-electron chi connectivity index (χ3n) is 4.94. The van der Waals surface area contributed by atoms with Crippen LogP contribution in [0.4, 0.5) is 21.8 Å². The summed E-state index contributed by atoms with van der Waals surface area (Å²) < 4.78 is 19.2. The van der Waals surface area contributed by atoms with Crippen LogP contribution in [0.1, 0.15) is 18.5 Å². The Morgan fingerprint density at radius 1 is 1.23 bits per heavy atom. The summed E-state index contributed by atoms with van der Waals surface area (Å²) in [4.78, 5) is 13.1. The Bertz CT molecular complexity index is 1090. The van der Waals surface area contributed by atoms with Gasteiger partial charge < -0.3 is 20.7 Å². The van der Waals surface area contributed by atoms with Gasteiger partial charge in [0.05, 0.1) is 11.9 Å². The van der Waals surface area contributed by atoms with Crippen molar-refractivity contribution >= 4 is 17.5 Å². The molecule has 1 unspecified atom stereocenters. The molecule has 0 bridgehead atoms. The normalized spacial score (nSPS) is 15.7. The molecule has 0 aliphatic carbocycles. The van der Waals surface area contributed by atoms with Gasteiger partial charge in [-0.1, -0.05) is 12.1 Å². The number of benzene rings is 1. The number of ether oxygens (including phenoxy) is 1. The molecule has 0 radical (unpaired) electrons. The summed E-state index contributed by atoms with van der Waals surface area (Å²) in [6, 6.07) is 9.95. The third-order valence-corrected chi connectivity index (χ3v) is 4.94. The van der Waals surface area contributed by atoms with E-state index in [1.807, 2.05) is 0 Å². The highest BCUT2D eigenvalue weighted by Gasteiger charge is 2.17. The molecular weight excluding hydrogens is 397 g/mol. The summed E-state index contributed by atoms with van der Waals surface area (Å²) in [7, 11) is 1.76. The van der Waals surface area contributed by atoms with Gasteiger partial charge in [-0.3, -0.25) is 0 Å². The molecule has 2 aromatic heterocycles. The van der Waals surface area contributed by atoms with Gasteiger partial charge in [0.1, 0.15) is 23.8 Å². The van der Waals surface area contributed by atoms with E-state index in [-0.39, 0.29) is 17.6 Å². The van der Waals surface area contributed by atoms with Crippen LogP contribution in [0.2, 0.25) is 0 Å². The fourth-order valence-corrected chi connectivity index (χ4v) is 3.39. The minimum Gasteiger partial charge on any atom is -0.486 e. The number of piperidine rings is 1. The molecule has 1 aliphatic rings. The minimum atomic E-state index is -0.302. The number of nitriles is 1. The number of halogens is 1. The van der Waals surface area contributed by atoms with Gasteiger partial charge in [-0.2, -0.15) is 10.2 Å². The van der Waals surface area contributed by atoms with Crippen LogP contribution in [-0.4, -0.2) is 41.2 Å². The molecule has 3 heterocycles. The summed E-state index contributed by atoms with van der Waals surface area (Å²) in [6.45, 7) is 1.71. The first-order valence-corrected chi connectivity index (χ1v) is 10.0. The molecule has 1 aliphatic heterocycles. The number of rotatable bonds is 6. The van der Waals surface area contributed by atoms with Gasteiger partial charge in [-0.05, 0) is 37.1 Å². The van der Waals surface area contributed by atoms with Gasteiger partial charge in [0.15, 0.2) is 11.4 Å². The van der Waals surface area contributed by atoms with E-state index in [2.05, 4.69) is 37.0 Å². The smallest absolute Gasteiger partial charge is 0.229 e. The highest BCUT2D eigenvalue weighted by atomic mass is 19.1. The average Bonchev–Trinajstić information content (AvgIpc) is 2.80. The molecule has 1 aromatic carbocycles. The summed E-state index contributed by atoms with van der Waals surface area (Å²) in [5.41, 5.74) is 2.39. The lowest BCUT2D eigenvalue weighted by Crippen LogP contribution is -2.37. The number of pyridine rings is 1. The molecule has 1 saturated heterocycles. The second-order valence-electron chi connectivity index (χ2n) is 7.11. The molecule has 1 atom stereocenters. The van der Waals surface area contributed by atoms with Gasteiger partial charge in [-0.25, -0.2) is 14.4 Å². The van der Waals surface area contributed by atoms with Crippen LogP contribution in [-0.2, 0) is 0 Å². The van der Waals surface area contributed by atoms with Crippen LogP contribution in [0.25, 0.3) is 11.1 Å². The number of hydrogen-bond donors (Lipinski definition) is 3. The van der Waals surface area contributed by atoms with Crippen molar-refractivity contribution in [2.24, 2.45) is 0 Å². The Morgan fingerprint density at radius 2 is 2.06 bits per heavy atom. The van der Waals surface area contributed by atoms with Crippen LogP contribution in [0.3, 0.4) is 0 Å². The van der Waals surface area contributed by atoms with E-state index in [1.165, 1.54) is 12.1 Å². The van der Waals surface area contributed by atoms with E-state index >= 15 is 0 Å². The number of nitrogens with zero attached hydrogens (tertiary/aromatic N) is 4. The molecular formula is C22H22FN7O. The maximum absolute atomic E-state index is 13.2. The molecule has 0 saturated carbocycles. The van der Waals surface area contributed by atoms with Crippen molar-refractivity contribution in [3.63, 3.8) is 0 Å². The molecule has 158 valence electrons. The standard InChI is InChI=1S/C22H22FN7O/c1-25-21-18(14-4-6-15(23)7-5-14)13-28-22(30-21)29-16-9-20(19(10-24)27-11-16)31-17-3-2-8-26-12-17/h4-7,9,11,13,17,26H,2-3,8,12H2,1H3,(H2,25,28,29,30). The lowest BCUT2D eigenvalue weighted by molar-refractivity contribution is 0.166. The molecule has 31 heavy (non-hydrogen) atoms. The van der Waals surface area contributed by atoms with Crippen molar-refractivity contribution < 1.29 is 9.13 Å². The second kappa shape index (κ2) is 9.36. The Labute approximate surface area is 179 Å². The van der Waals surface area contributed by atoms with Crippen molar-refractivity contribution in [1.29, 1.82) is 5.26 Å². The van der Waals surface area contributed by atoms with E-state index < -0.39 is 0 Å². The predicted octanol–water partition coefficient (Wildman–Crippen LogP) is 3.47. The topological polar surface area (TPSA) is 108 Å². The number of nitrogens with one attached hydrogen (secondary N) is 3. The summed E-state index contributed by atoms with van der Waals surface area (Å²) in [5.74, 6) is 1.07. The number of hydrogen-bond acceptors (Lipinski definition) is 8. The van der Waals surface area contributed by atoms with E-state index in [4.69, 9.17) is 4.74 Å². The SMILES string of the molecule is CNc1nc(Nc2cnc(C#N)c(OC3CCCNC3)c2)ncc1-c1ccc(F)cc1. The first-order chi connectivity index (χ1) is 15.2. The van der Waals surface area contributed by atoms with Crippen LogP contribution < -0.4 is 20.7 Å². The van der Waals surface area contributed by atoms with E-state index in [0.29, 0.717) is 23.2 Å². The zero-order valence-electron chi connectivity index (χ0n) is 17.0. The van der Waals surface area contributed by atoms with Crippen LogP contribution in [0.5, 0.6) is 5.75 Å². The van der Waals surface area contributed by atoms with Crippen LogP contribution in [0, 0.1) is 17.1 Å². The largest absolute Gasteiger partial charge is 0.486 e. The quantitative estimate of drug-likeness (QED) is 0.558. The lowest BCUT2D eigenvalue weighted by atomic mass is 10.1. The Balaban J connectivity index is 1.56.